The minimum atomic E-state index is -0.278. The van der Waals surface area contributed by atoms with Gasteiger partial charge in [-0.2, -0.15) is 0 Å². The van der Waals surface area contributed by atoms with Crippen LogP contribution in [0, 0.1) is 0 Å². The normalized spacial score (nSPS) is 12.1. The molecule has 1 aromatic rings. The summed E-state index contributed by atoms with van der Waals surface area (Å²) in [6.07, 6.45) is 1.53. The highest BCUT2D eigenvalue weighted by Gasteiger charge is 2.25. The molecule has 4 nitrogen and oxygen atoms in total. The molecule has 1 N–H and O–H groups in total. The van der Waals surface area contributed by atoms with Gasteiger partial charge in [0.05, 0.1) is 5.54 Å². The highest BCUT2D eigenvalue weighted by atomic mass is 79.9. The van der Waals surface area contributed by atoms with Gasteiger partial charge in [-0.1, -0.05) is 0 Å². The lowest BCUT2D eigenvalue weighted by Gasteiger charge is -2.31. The van der Waals surface area contributed by atoms with E-state index in [0.717, 1.165) is 0 Å². The average Bonchev–Trinajstić information content (AvgIpc) is 2.09. The molecule has 0 amide bonds. The molecule has 0 spiro atoms. The van der Waals surface area contributed by atoms with Gasteiger partial charge in [0, 0.05) is 6.20 Å². The van der Waals surface area contributed by atoms with Crippen LogP contribution in [0.1, 0.15) is 19.7 Å². The van der Waals surface area contributed by atoms with Crippen LogP contribution in [0.2, 0.25) is 0 Å². The molecule has 0 saturated carbocycles. The molecule has 78 valence electrons. The maximum Gasteiger partial charge on any atom is 0.265 e. The second kappa shape index (κ2) is 3.82. The van der Waals surface area contributed by atoms with E-state index in [-0.39, 0.29) is 11.1 Å². The predicted molar refractivity (Wildman–Crippen MR) is 59.3 cm³/mol. The van der Waals surface area contributed by atoms with Crippen LogP contribution in [-0.4, -0.2) is 29.0 Å². The molecule has 1 heterocycles. The summed E-state index contributed by atoms with van der Waals surface area (Å²) in [5, 5.41) is 0. The van der Waals surface area contributed by atoms with Crippen LogP contribution in [-0.2, 0) is 5.54 Å². The van der Waals surface area contributed by atoms with E-state index < -0.39 is 0 Å². The molecule has 0 bridgehead atoms. The van der Waals surface area contributed by atoms with Crippen molar-refractivity contribution in [1.82, 2.24) is 14.9 Å². The van der Waals surface area contributed by atoms with Crippen molar-refractivity contribution in [1.29, 1.82) is 0 Å². The van der Waals surface area contributed by atoms with Crippen molar-refractivity contribution in [2.75, 3.05) is 14.1 Å². The second-order valence-corrected chi connectivity index (χ2v) is 4.72. The Balaban J connectivity index is 3.21. The molecule has 0 radical (unpaired) electrons. The van der Waals surface area contributed by atoms with E-state index in [1.807, 2.05) is 32.8 Å². The zero-order valence-corrected chi connectivity index (χ0v) is 10.3. The molecule has 0 fully saturated rings. The van der Waals surface area contributed by atoms with Crippen LogP contribution in [0.15, 0.2) is 15.5 Å². The predicted octanol–water partition coefficient (Wildman–Crippen LogP) is 1.33. The van der Waals surface area contributed by atoms with Crippen molar-refractivity contribution in [3.8, 4) is 0 Å². The summed E-state index contributed by atoms with van der Waals surface area (Å²) in [5.41, 5.74) is -0.426. The van der Waals surface area contributed by atoms with Crippen molar-refractivity contribution in [3.63, 3.8) is 0 Å². The van der Waals surface area contributed by atoms with Gasteiger partial charge in [-0.05, 0) is 43.9 Å². The van der Waals surface area contributed by atoms with Gasteiger partial charge in [-0.3, -0.25) is 9.69 Å². The third kappa shape index (κ3) is 2.04. The van der Waals surface area contributed by atoms with Gasteiger partial charge in [0.2, 0.25) is 0 Å². The van der Waals surface area contributed by atoms with E-state index in [2.05, 4.69) is 25.9 Å². The van der Waals surface area contributed by atoms with Gasteiger partial charge in [-0.25, -0.2) is 4.98 Å². The molecule has 0 aliphatic rings. The molecule has 0 aliphatic carbocycles. The van der Waals surface area contributed by atoms with E-state index in [0.29, 0.717) is 10.3 Å². The summed E-state index contributed by atoms with van der Waals surface area (Å²) in [6.45, 7) is 4.00. The summed E-state index contributed by atoms with van der Waals surface area (Å²) >= 11 is 3.11. The Morgan fingerprint density at radius 2 is 2.07 bits per heavy atom. The van der Waals surface area contributed by atoms with Gasteiger partial charge in [0.25, 0.3) is 5.56 Å². The molecule has 1 aromatic heterocycles. The SMILES string of the molecule is CN(C)C(C)(C)c1ncc(Br)c(=O)[nH]1. The summed E-state index contributed by atoms with van der Waals surface area (Å²) in [7, 11) is 3.89. The van der Waals surface area contributed by atoms with E-state index in [1.54, 1.807) is 0 Å². The lowest BCUT2D eigenvalue weighted by Crippen LogP contribution is -2.38. The first-order chi connectivity index (χ1) is 6.35. The number of halogens is 1. The minimum absolute atomic E-state index is 0.148. The van der Waals surface area contributed by atoms with Gasteiger partial charge >= 0.3 is 0 Å². The third-order valence-electron chi connectivity index (χ3n) is 2.45. The van der Waals surface area contributed by atoms with E-state index in [1.165, 1.54) is 6.20 Å². The van der Waals surface area contributed by atoms with Crippen molar-refractivity contribution in [2.45, 2.75) is 19.4 Å². The summed E-state index contributed by atoms with van der Waals surface area (Å²) in [5.74, 6) is 0.663. The van der Waals surface area contributed by atoms with Crippen LogP contribution in [0.4, 0.5) is 0 Å². The lowest BCUT2D eigenvalue weighted by molar-refractivity contribution is 0.185. The molecule has 0 unspecified atom stereocenters. The maximum absolute atomic E-state index is 11.3. The number of H-pyrrole nitrogens is 1. The Kier molecular flexibility index (Phi) is 3.11. The Hall–Kier alpha value is -0.680. The van der Waals surface area contributed by atoms with E-state index in [9.17, 15) is 4.79 Å². The molecule has 14 heavy (non-hydrogen) atoms. The summed E-state index contributed by atoms with van der Waals surface area (Å²) in [4.78, 5) is 20.3. The summed E-state index contributed by atoms with van der Waals surface area (Å²) < 4.78 is 0.454. The molecule has 1 rings (SSSR count). The fourth-order valence-corrected chi connectivity index (χ4v) is 1.10. The monoisotopic (exact) mass is 259 g/mol. The largest absolute Gasteiger partial charge is 0.308 e. The number of hydrogen-bond acceptors (Lipinski definition) is 3. The summed E-state index contributed by atoms with van der Waals surface area (Å²) in [6, 6.07) is 0. The number of nitrogens with zero attached hydrogens (tertiary/aromatic N) is 2. The molecular formula is C9H14BrN3O. The Morgan fingerprint density at radius 3 is 2.50 bits per heavy atom. The number of rotatable bonds is 2. The van der Waals surface area contributed by atoms with Crippen LogP contribution < -0.4 is 5.56 Å². The van der Waals surface area contributed by atoms with E-state index in [4.69, 9.17) is 0 Å². The first-order valence-corrected chi connectivity index (χ1v) is 5.07. The van der Waals surface area contributed by atoms with Crippen LogP contribution in [0.5, 0.6) is 0 Å². The zero-order chi connectivity index (χ0) is 10.9. The van der Waals surface area contributed by atoms with Crippen molar-refractivity contribution in [2.24, 2.45) is 0 Å². The fraction of sp³-hybridized carbons (Fsp3) is 0.556. The van der Waals surface area contributed by atoms with Crippen LogP contribution in [0.25, 0.3) is 0 Å². The first kappa shape index (κ1) is 11.4. The van der Waals surface area contributed by atoms with Gasteiger partial charge < -0.3 is 4.98 Å². The first-order valence-electron chi connectivity index (χ1n) is 4.28. The number of hydrogen-bond donors (Lipinski definition) is 1. The van der Waals surface area contributed by atoms with Gasteiger partial charge in [0.1, 0.15) is 10.3 Å². The molecule has 5 heteroatoms. The number of aromatic amines is 1. The topological polar surface area (TPSA) is 49.0 Å². The second-order valence-electron chi connectivity index (χ2n) is 3.86. The fourth-order valence-electron chi connectivity index (χ4n) is 0.902. The van der Waals surface area contributed by atoms with Gasteiger partial charge in [0.15, 0.2) is 0 Å². The highest BCUT2D eigenvalue weighted by Crippen LogP contribution is 2.20. The van der Waals surface area contributed by atoms with Crippen LogP contribution in [0.3, 0.4) is 0 Å². The Bertz CT molecular complexity index is 384. The Labute approximate surface area is 91.5 Å². The number of nitrogens with one attached hydrogen (secondary N) is 1. The third-order valence-corrected chi connectivity index (χ3v) is 3.02. The number of aromatic nitrogens is 2. The van der Waals surface area contributed by atoms with Crippen LogP contribution >= 0.6 is 15.9 Å². The maximum atomic E-state index is 11.3. The zero-order valence-electron chi connectivity index (χ0n) is 8.76. The van der Waals surface area contributed by atoms with Crippen molar-refractivity contribution >= 4 is 15.9 Å². The molecular weight excluding hydrogens is 246 g/mol. The quantitative estimate of drug-likeness (QED) is 0.872. The molecule has 0 atom stereocenters. The smallest absolute Gasteiger partial charge is 0.265 e. The Morgan fingerprint density at radius 1 is 1.50 bits per heavy atom. The van der Waals surface area contributed by atoms with Crippen molar-refractivity contribution < 1.29 is 0 Å². The molecule has 0 saturated heterocycles. The van der Waals surface area contributed by atoms with Gasteiger partial charge in [-0.15, -0.1) is 0 Å². The van der Waals surface area contributed by atoms with E-state index >= 15 is 0 Å². The van der Waals surface area contributed by atoms with Crippen molar-refractivity contribution in [3.05, 3.63) is 26.8 Å². The minimum Gasteiger partial charge on any atom is -0.308 e. The lowest BCUT2D eigenvalue weighted by atomic mass is 10.0. The highest BCUT2D eigenvalue weighted by molar-refractivity contribution is 9.10. The average molecular weight is 260 g/mol. The molecule has 0 aromatic carbocycles. The molecule has 0 aliphatic heterocycles. The standard InChI is InChI=1S/C9H14BrN3O/c1-9(2,13(3)4)8-11-5-6(10)7(14)12-8/h5H,1-4H3,(H,11,12,14).